The Labute approximate surface area is 273 Å². The van der Waals surface area contributed by atoms with Crippen LogP contribution in [0.5, 0.6) is 11.5 Å². The van der Waals surface area contributed by atoms with Crippen LogP contribution in [0.25, 0.3) is 10.8 Å². The quantitative estimate of drug-likeness (QED) is 0.0697. The zero-order valence-corrected chi connectivity index (χ0v) is 28.1. The van der Waals surface area contributed by atoms with Gasteiger partial charge in [0.2, 0.25) is 0 Å². The second-order valence-electron chi connectivity index (χ2n) is 11.4. The van der Waals surface area contributed by atoms with Gasteiger partial charge in [-0.05, 0) is 57.7 Å². The van der Waals surface area contributed by atoms with E-state index in [4.69, 9.17) is 18.9 Å². The number of rotatable bonds is 20. The second-order valence-corrected chi connectivity index (χ2v) is 12.5. The monoisotopic (exact) mass is 632 g/mol. The first-order valence-corrected chi connectivity index (χ1v) is 16.8. The maximum absolute atomic E-state index is 12.4. The zero-order valence-electron chi connectivity index (χ0n) is 27.3. The van der Waals surface area contributed by atoms with E-state index in [1.165, 1.54) is 0 Å². The molecule has 2 unspecified atom stereocenters. The van der Waals surface area contributed by atoms with E-state index in [0.29, 0.717) is 35.5 Å². The summed E-state index contributed by atoms with van der Waals surface area (Å²) in [6, 6.07) is 20.0. The molecule has 0 aliphatic heterocycles. The van der Waals surface area contributed by atoms with Crippen LogP contribution in [-0.2, 0) is 19.1 Å². The highest BCUT2D eigenvalue weighted by Crippen LogP contribution is 2.44. The molecule has 0 aliphatic rings. The van der Waals surface area contributed by atoms with Gasteiger partial charge in [0.1, 0.15) is 36.9 Å². The van der Waals surface area contributed by atoms with Crippen LogP contribution in [0.15, 0.2) is 94.8 Å². The number of unbranched alkanes of at least 4 members (excludes halogenated alkanes) is 4. The zero-order chi connectivity index (χ0) is 32.6. The van der Waals surface area contributed by atoms with Crippen molar-refractivity contribution in [2.45, 2.75) is 101 Å². The normalized spacial score (nSPS) is 12.3. The molecular formula is C38H48O6S. The minimum Gasteiger partial charge on any atom is -0.489 e. The lowest BCUT2D eigenvalue weighted by atomic mass is 10.1. The summed E-state index contributed by atoms with van der Waals surface area (Å²) >= 11 is 1.58. The number of benzene rings is 3. The molecule has 0 aromatic heterocycles. The lowest BCUT2D eigenvalue weighted by Gasteiger charge is -2.23. The van der Waals surface area contributed by atoms with Crippen molar-refractivity contribution in [2.24, 2.45) is 0 Å². The van der Waals surface area contributed by atoms with Gasteiger partial charge in [0.15, 0.2) is 0 Å². The van der Waals surface area contributed by atoms with E-state index in [1.54, 1.807) is 25.6 Å². The first-order valence-electron chi connectivity index (χ1n) is 16.0. The van der Waals surface area contributed by atoms with Crippen LogP contribution in [0.4, 0.5) is 0 Å². The van der Waals surface area contributed by atoms with Crippen LogP contribution in [0.1, 0.15) is 79.1 Å². The van der Waals surface area contributed by atoms with Crippen molar-refractivity contribution >= 4 is 34.5 Å². The summed E-state index contributed by atoms with van der Waals surface area (Å²) in [6.45, 7) is 15.5. The van der Waals surface area contributed by atoms with Gasteiger partial charge in [-0.25, -0.2) is 9.59 Å². The van der Waals surface area contributed by atoms with Gasteiger partial charge in [-0.2, -0.15) is 0 Å². The third-order valence-electron chi connectivity index (χ3n) is 7.24. The van der Waals surface area contributed by atoms with Crippen LogP contribution < -0.4 is 9.47 Å². The maximum Gasteiger partial charge on any atom is 0.333 e. The topological polar surface area (TPSA) is 71.1 Å². The van der Waals surface area contributed by atoms with Gasteiger partial charge >= 0.3 is 11.9 Å². The highest BCUT2D eigenvalue weighted by molar-refractivity contribution is 7.99. The molecule has 242 valence electrons. The number of carbonyl (C=O) groups is 2. The Morgan fingerprint density at radius 1 is 0.711 bits per heavy atom. The molecule has 0 saturated carbocycles. The second kappa shape index (κ2) is 18.9. The Hall–Kier alpha value is -3.71. The highest BCUT2D eigenvalue weighted by Gasteiger charge is 2.22. The molecule has 7 heteroatoms. The molecule has 0 radical (unpaired) electrons. The van der Waals surface area contributed by atoms with Gasteiger partial charge in [0.25, 0.3) is 0 Å². The minimum absolute atomic E-state index is 0.214. The SMILES string of the molecule is C=C(C)C(=O)OC(CCCCC)COc1cc(Sc2ccccc2)c(OCC(CCCCC)OC(=O)C(=C)C)c2ccccc12. The van der Waals surface area contributed by atoms with Crippen LogP contribution in [0.3, 0.4) is 0 Å². The first kappa shape index (κ1) is 35.8. The third kappa shape index (κ3) is 11.6. The van der Waals surface area contributed by atoms with Crippen molar-refractivity contribution in [3.8, 4) is 11.5 Å². The fourth-order valence-electron chi connectivity index (χ4n) is 4.71. The molecule has 6 nitrogen and oxygen atoms in total. The van der Waals surface area contributed by atoms with Gasteiger partial charge in [0, 0.05) is 26.8 Å². The summed E-state index contributed by atoms with van der Waals surface area (Å²) in [6.07, 6.45) is 6.72. The molecule has 3 aromatic carbocycles. The summed E-state index contributed by atoms with van der Waals surface area (Å²) < 4.78 is 24.5. The summed E-state index contributed by atoms with van der Waals surface area (Å²) in [5, 5.41) is 1.76. The lowest BCUT2D eigenvalue weighted by molar-refractivity contribution is -0.147. The first-order chi connectivity index (χ1) is 21.7. The molecular weight excluding hydrogens is 584 g/mol. The van der Waals surface area contributed by atoms with Crippen molar-refractivity contribution in [2.75, 3.05) is 13.2 Å². The van der Waals surface area contributed by atoms with E-state index in [0.717, 1.165) is 59.1 Å². The molecule has 0 amide bonds. The Kier molecular flexibility index (Phi) is 15.1. The maximum atomic E-state index is 12.4. The summed E-state index contributed by atoms with van der Waals surface area (Å²) in [4.78, 5) is 26.8. The van der Waals surface area contributed by atoms with Crippen LogP contribution in [0, 0.1) is 0 Å². The van der Waals surface area contributed by atoms with E-state index in [2.05, 4.69) is 27.0 Å². The van der Waals surface area contributed by atoms with Gasteiger partial charge < -0.3 is 18.9 Å². The standard InChI is InChI=1S/C38H48O6S/c1-7-9-12-18-29(43-37(39)27(3)4)25-41-34-24-35(45-31-20-14-11-15-21-31)36(33-23-17-16-22-32(33)34)42-26-30(19-13-10-8-2)44-38(40)28(5)6/h11,14-17,20-24,29-30H,3,5,7-10,12-13,18-19,25-26H2,1-2,4,6H3. The minimum atomic E-state index is -0.409. The van der Waals surface area contributed by atoms with Crippen LogP contribution >= 0.6 is 11.8 Å². The van der Waals surface area contributed by atoms with Crippen LogP contribution in [-0.4, -0.2) is 37.4 Å². The molecule has 0 fully saturated rings. The predicted octanol–water partition coefficient (Wildman–Crippen LogP) is 9.88. The average Bonchev–Trinajstić information content (AvgIpc) is 3.03. The largest absolute Gasteiger partial charge is 0.489 e. The molecule has 3 rings (SSSR count). The van der Waals surface area contributed by atoms with Crippen molar-refractivity contribution in [3.63, 3.8) is 0 Å². The van der Waals surface area contributed by atoms with E-state index < -0.39 is 24.1 Å². The Morgan fingerprint density at radius 3 is 1.76 bits per heavy atom. The number of esters is 2. The fraction of sp³-hybridized carbons (Fsp3) is 0.421. The van der Waals surface area contributed by atoms with E-state index >= 15 is 0 Å². The Balaban J connectivity index is 1.97. The summed E-state index contributed by atoms with van der Waals surface area (Å²) in [7, 11) is 0. The third-order valence-corrected chi connectivity index (χ3v) is 8.27. The molecule has 0 spiro atoms. The highest BCUT2D eigenvalue weighted by atomic mass is 32.2. The molecule has 0 N–H and O–H groups in total. The Bertz CT molecular complexity index is 1420. The van der Waals surface area contributed by atoms with Gasteiger partial charge in [-0.3, -0.25) is 0 Å². The molecule has 0 saturated heterocycles. The molecule has 0 bridgehead atoms. The summed E-state index contributed by atoms with van der Waals surface area (Å²) in [5.74, 6) is 0.562. The smallest absolute Gasteiger partial charge is 0.333 e. The van der Waals surface area contributed by atoms with E-state index in [9.17, 15) is 9.59 Å². The Morgan fingerprint density at radius 2 is 1.22 bits per heavy atom. The van der Waals surface area contributed by atoms with Gasteiger partial charge in [-0.15, -0.1) is 0 Å². The van der Waals surface area contributed by atoms with Crippen molar-refractivity contribution < 1.29 is 28.5 Å². The molecule has 0 heterocycles. The summed E-state index contributed by atoms with van der Waals surface area (Å²) in [5.41, 5.74) is 0.732. The molecule has 2 atom stereocenters. The van der Waals surface area contributed by atoms with Gasteiger partial charge in [0.05, 0.1) is 4.90 Å². The van der Waals surface area contributed by atoms with Crippen molar-refractivity contribution in [3.05, 3.63) is 85.0 Å². The fourth-order valence-corrected chi connectivity index (χ4v) is 5.68. The molecule has 0 aliphatic carbocycles. The lowest BCUT2D eigenvalue weighted by Crippen LogP contribution is -2.26. The van der Waals surface area contributed by atoms with Crippen molar-refractivity contribution in [1.29, 1.82) is 0 Å². The molecule has 3 aromatic rings. The number of carbonyl (C=O) groups excluding carboxylic acids is 2. The van der Waals surface area contributed by atoms with Crippen molar-refractivity contribution in [1.82, 2.24) is 0 Å². The number of ether oxygens (including phenoxy) is 4. The molecule has 45 heavy (non-hydrogen) atoms. The predicted molar refractivity (Wildman–Crippen MR) is 183 cm³/mol. The number of fused-ring (bicyclic) bond motifs is 1. The van der Waals surface area contributed by atoms with E-state index in [-0.39, 0.29) is 13.2 Å². The number of hydrogen-bond acceptors (Lipinski definition) is 7. The van der Waals surface area contributed by atoms with E-state index in [1.807, 2.05) is 60.7 Å². The number of hydrogen-bond donors (Lipinski definition) is 0. The van der Waals surface area contributed by atoms with Crippen LogP contribution in [0.2, 0.25) is 0 Å². The van der Waals surface area contributed by atoms with Gasteiger partial charge in [-0.1, -0.05) is 107 Å². The average molecular weight is 633 g/mol.